The topological polar surface area (TPSA) is 44.9 Å². The molecule has 0 unspecified atom stereocenters. The molecule has 18 heavy (non-hydrogen) atoms. The van der Waals surface area contributed by atoms with Crippen LogP contribution in [0.4, 0.5) is 0 Å². The third kappa shape index (κ3) is 2.99. The Balaban J connectivity index is 2.21. The molecule has 3 nitrogen and oxygen atoms in total. The van der Waals surface area contributed by atoms with E-state index in [1.807, 2.05) is 19.1 Å². The Labute approximate surface area is 107 Å². The molecule has 0 atom stereocenters. The van der Waals surface area contributed by atoms with Crippen LogP contribution in [0.1, 0.15) is 30.9 Å². The van der Waals surface area contributed by atoms with Gasteiger partial charge in [-0.1, -0.05) is 25.5 Å². The summed E-state index contributed by atoms with van der Waals surface area (Å²) in [5, 5.41) is 4.39. The molecule has 0 saturated heterocycles. The van der Waals surface area contributed by atoms with E-state index in [0.29, 0.717) is 6.54 Å². The van der Waals surface area contributed by atoms with E-state index < -0.39 is 0 Å². The van der Waals surface area contributed by atoms with Crippen molar-refractivity contribution in [2.75, 3.05) is 6.54 Å². The lowest BCUT2D eigenvalue weighted by atomic mass is 10.1. The summed E-state index contributed by atoms with van der Waals surface area (Å²) < 4.78 is 0. The van der Waals surface area contributed by atoms with Gasteiger partial charge in [0.05, 0.1) is 0 Å². The number of pyridine rings is 1. The molecular weight excluding hydrogens is 224 g/mol. The molecule has 2 N–H and O–H groups in total. The van der Waals surface area contributed by atoms with Crippen LogP contribution in [0.25, 0.3) is 10.9 Å². The summed E-state index contributed by atoms with van der Waals surface area (Å²) in [6, 6.07) is 8.10. The highest BCUT2D eigenvalue weighted by atomic mass is 16.1. The van der Waals surface area contributed by atoms with Crippen molar-refractivity contribution in [3.8, 4) is 0 Å². The number of aromatic amines is 1. The first-order chi connectivity index (χ1) is 8.70. The molecule has 0 bridgehead atoms. The second kappa shape index (κ2) is 5.83. The first-order valence-corrected chi connectivity index (χ1v) is 6.54. The van der Waals surface area contributed by atoms with E-state index in [1.165, 1.54) is 6.42 Å². The first kappa shape index (κ1) is 12.8. The molecule has 0 aliphatic rings. The van der Waals surface area contributed by atoms with E-state index in [2.05, 4.69) is 29.4 Å². The van der Waals surface area contributed by atoms with Crippen molar-refractivity contribution < 1.29 is 0 Å². The minimum Gasteiger partial charge on any atom is -0.322 e. The molecule has 0 spiro atoms. The van der Waals surface area contributed by atoms with Crippen LogP contribution in [0, 0.1) is 6.92 Å². The average molecular weight is 244 g/mol. The summed E-state index contributed by atoms with van der Waals surface area (Å²) in [7, 11) is 0. The molecule has 2 aromatic rings. The van der Waals surface area contributed by atoms with Gasteiger partial charge in [0.1, 0.15) is 0 Å². The van der Waals surface area contributed by atoms with Crippen molar-refractivity contribution in [1.82, 2.24) is 10.3 Å². The van der Waals surface area contributed by atoms with Gasteiger partial charge in [0.2, 0.25) is 0 Å². The number of fused-ring (bicyclic) bond motifs is 1. The van der Waals surface area contributed by atoms with Gasteiger partial charge < -0.3 is 10.3 Å². The molecule has 96 valence electrons. The Morgan fingerprint density at radius 2 is 2.11 bits per heavy atom. The van der Waals surface area contributed by atoms with E-state index in [0.717, 1.165) is 35.0 Å². The quantitative estimate of drug-likeness (QED) is 0.794. The molecule has 1 aromatic heterocycles. The number of hydrogen-bond donors (Lipinski definition) is 2. The number of hydrogen-bond acceptors (Lipinski definition) is 2. The second-order valence-electron chi connectivity index (χ2n) is 4.74. The van der Waals surface area contributed by atoms with Crippen molar-refractivity contribution in [3.05, 3.63) is 45.7 Å². The lowest BCUT2D eigenvalue weighted by molar-refractivity contribution is 0.639. The molecule has 2 rings (SSSR count). The minimum absolute atomic E-state index is 0.0112. The Morgan fingerprint density at radius 3 is 2.89 bits per heavy atom. The zero-order valence-electron chi connectivity index (χ0n) is 11.0. The maximum Gasteiger partial charge on any atom is 0.252 e. The van der Waals surface area contributed by atoms with Crippen LogP contribution in [0.3, 0.4) is 0 Å². The fourth-order valence-corrected chi connectivity index (χ4v) is 2.02. The summed E-state index contributed by atoms with van der Waals surface area (Å²) in [4.78, 5) is 14.9. The third-order valence-electron chi connectivity index (χ3n) is 3.10. The van der Waals surface area contributed by atoms with Crippen molar-refractivity contribution >= 4 is 10.9 Å². The van der Waals surface area contributed by atoms with Gasteiger partial charge in [-0.15, -0.1) is 0 Å². The number of H-pyrrole nitrogens is 1. The number of aromatic nitrogens is 1. The van der Waals surface area contributed by atoms with Gasteiger partial charge >= 0.3 is 0 Å². The number of unbranched alkanes of at least 4 members (excludes halogenated alkanes) is 1. The standard InChI is InChI=1S/C15H20N2O/c1-3-4-7-16-10-13-9-12-6-5-11(2)8-14(12)17-15(13)18/h5-6,8-9,16H,3-4,7,10H2,1-2H3,(H,17,18). The zero-order valence-corrected chi connectivity index (χ0v) is 11.0. The molecule has 0 fully saturated rings. The van der Waals surface area contributed by atoms with Crippen LogP contribution >= 0.6 is 0 Å². The number of rotatable bonds is 5. The van der Waals surface area contributed by atoms with Gasteiger partial charge in [-0.3, -0.25) is 4.79 Å². The number of benzene rings is 1. The van der Waals surface area contributed by atoms with Gasteiger partial charge in [-0.2, -0.15) is 0 Å². The summed E-state index contributed by atoms with van der Waals surface area (Å²) in [5.74, 6) is 0. The first-order valence-electron chi connectivity index (χ1n) is 6.54. The molecule has 1 aromatic carbocycles. The highest BCUT2D eigenvalue weighted by molar-refractivity contribution is 5.79. The second-order valence-corrected chi connectivity index (χ2v) is 4.74. The lowest BCUT2D eigenvalue weighted by Crippen LogP contribution is -2.21. The smallest absolute Gasteiger partial charge is 0.252 e. The zero-order chi connectivity index (χ0) is 13.0. The van der Waals surface area contributed by atoms with Crippen LogP contribution in [0.5, 0.6) is 0 Å². The molecule has 0 saturated carbocycles. The highest BCUT2D eigenvalue weighted by Gasteiger charge is 2.02. The number of aryl methyl sites for hydroxylation is 1. The van der Waals surface area contributed by atoms with Crippen LogP contribution < -0.4 is 10.9 Å². The fraction of sp³-hybridized carbons (Fsp3) is 0.400. The predicted octanol–water partition coefficient (Wildman–Crippen LogP) is 2.73. The normalized spacial score (nSPS) is 11.0. The Morgan fingerprint density at radius 1 is 1.28 bits per heavy atom. The Bertz CT molecular complexity index is 587. The minimum atomic E-state index is 0.0112. The third-order valence-corrected chi connectivity index (χ3v) is 3.10. The van der Waals surface area contributed by atoms with Crippen molar-refractivity contribution in [3.63, 3.8) is 0 Å². The van der Waals surface area contributed by atoms with Crippen molar-refractivity contribution in [2.24, 2.45) is 0 Å². The van der Waals surface area contributed by atoms with E-state index in [4.69, 9.17) is 0 Å². The van der Waals surface area contributed by atoms with Gasteiger partial charge in [-0.25, -0.2) is 0 Å². The molecule has 1 heterocycles. The molecule has 0 aliphatic heterocycles. The van der Waals surface area contributed by atoms with E-state index >= 15 is 0 Å². The van der Waals surface area contributed by atoms with Crippen molar-refractivity contribution in [1.29, 1.82) is 0 Å². The largest absolute Gasteiger partial charge is 0.322 e. The molecule has 0 amide bonds. The number of nitrogens with one attached hydrogen (secondary N) is 2. The SMILES string of the molecule is CCCCNCc1cc2ccc(C)cc2[nH]c1=O. The summed E-state index contributed by atoms with van der Waals surface area (Å²) >= 11 is 0. The molecular formula is C15H20N2O. The average Bonchev–Trinajstić information content (AvgIpc) is 2.35. The lowest BCUT2D eigenvalue weighted by Gasteiger charge is -2.05. The van der Waals surface area contributed by atoms with Gasteiger partial charge in [-0.05, 0) is 43.0 Å². The summed E-state index contributed by atoms with van der Waals surface area (Å²) in [6.45, 7) is 5.78. The predicted molar refractivity (Wildman–Crippen MR) is 75.9 cm³/mol. The van der Waals surface area contributed by atoms with E-state index in [1.54, 1.807) is 0 Å². The molecule has 0 aliphatic carbocycles. The maximum atomic E-state index is 11.9. The Hall–Kier alpha value is -1.61. The van der Waals surface area contributed by atoms with Crippen molar-refractivity contribution in [2.45, 2.75) is 33.2 Å². The van der Waals surface area contributed by atoms with E-state index in [-0.39, 0.29) is 5.56 Å². The van der Waals surface area contributed by atoms with Gasteiger partial charge in [0.25, 0.3) is 5.56 Å². The monoisotopic (exact) mass is 244 g/mol. The summed E-state index contributed by atoms with van der Waals surface area (Å²) in [6.07, 6.45) is 2.31. The van der Waals surface area contributed by atoms with Crippen LogP contribution in [-0.2, 0) is 6.54 Å². The summed E-state index contributed by atoms with van der Waals surface area (Å²) in [5.41, 5.74) is 2.89. The van der Waals surface area contributed by atoms with E-state index in [9.17, 15) is 4.79 Å². The van der Waals surface area contributed by atoms with Crippen LogP contribution in [0.15, 0.2) is 29.1 Å². The van der Waals surface area contributed by atoms with Crippen LogP contribution in [-0.4, -0.2) is 11.5 Å². The van der Waals surface area contributed by atoms with Gasteiger partial charge in [0.15, 0.2) is 0 Å². The fourth-order valence-electron chi connectivity index (χ4n) is 2.02. The highest BCUT2D eigenvalue weighted by Crippen LogP contribution is 2.12. The Kier molecular flexibility index (Phi) is 4.15. The van der Waals surface area contributed by atoms with Gasteiger partial charge in [0, 0.05) is 17.6 Å². The maximum absolute atomic E-state index is 11.9. The molecule has 3 heteroatoms. The molecule has 0 radical (unpaired) electrons. The van der Waals surface area contributed by atoms with Crippen LogP contribution in [0.2, 0.25) is 0 Å².